The van der Waals surface area contributed by atoms with Crippen molar-refractivity contribution in [2.24, 2.45) is 7.05 Å². The van der Waals surface area contributed by atoms with E-state index in [0.29, 0.717) is 17.1 Å². The second kappa shape index (κ2) is 5.07. The third-order valence-electron chi connectivity index (χ3n) is 3.92. The van der Waals surface area contributed by atoms with Crippen LogP contribution in [0.15, 0.2) is 18.2 Å². The van der Waals surface area contributed by atoms with E-state index in [4.69, 9.17) is 16.7 Å². The molecule has 0 bridgehead atoms. The van der Waals surface area contributed by atoms with Crippen LogP contribution in [-0.2, 0) is 20.0 Å². The van der Waals surface area contributed by atoms with Gasteiger partial charge in [-0.3, -0.25) is 4.68 Å². The van der Waals surface area contributed by atoms with Gasteiger partial charge in [0.1, 0.15) is 0 Å². The topological polar surface area (TPSA) is 58.4 Å². The standard InChI is InChI=1S/C15H16ClN3O2/c1-9-14(16)13(18(2)17-9)8-19-6-5-10-7-11(15(20)21)3-4-12(10)19/h3-4,7H,5-6,8H2,1-2H3,(H,20,21). The van der Waals surface area contributed by atoms with Crippen LogP contribution >= 0.6 is 11.6 Å². The predicted molar refractivity (Wildman–Crippen MR) is 81.1 cm³/mol. The largest absolute Gasteiger partial charge is 0.478 e. The zero-order chi connectivity index (χ0) is 15.1. The summed E-state index contributed by atoms with van der Waals surface area (Å²) in [6.07, 6.45) is 0.852. The first-order chi connectivity index (χ1) is 9.97. The molecule has 0 unspecified atom stereocenters. The quantitative estimate of drug-likeness (QED) is 0.947. The van der Waals surface area contributed by atoms with Crippen LogP contribution in [0.3, 0.4) is 0 Å². The van der Waals surface area contributed by atoms with Crippen molar-refractivity contribution in [2.45, 2.75) is 19.9 Å². The fourth-order valence-electron chi connectivity index (χ4n) is 2.80. The first kappa shape index (κ1) is 13.9. The van der Waals surface area contributed by atoms with Crippen molar-refractivity contribution in [2.75, 3.05) is 11.4 Å². The van der Waals surface area contributed by atoms with E-state index in [1.165, 1.54) is 0 Å². The van der Waals surface area contributed by atoms with Crippen LogP contribution in [0.4, 0.5) is 5.69 Å². The van der Waals surface area contributed by atoms with Crippen molar-refractivity contribution in [1.29, 1.82) is 0 Å². The summed E-state index contributed by atoms with van der Waals surface area (Å²) in [6.45, 7) is 3.43. The van der Waals surface area contributed by atoms with E-state index in [1.807, 2.05) is 20.0 Å². The van der Waals surface area contributed by atoms with Gasteiger partial charge in [0.05, 0.1) is 28.5 Å². The van der Waals surface area contributed by atoms with Gasteiger partial charge in [-0.15, -0.1) is 0 Å². The lowest BCUT2D eigenvalue weighted by molar-refractivity contribution is 0.0697. The maximum Gasteiger partial charge on any atom is 0.335 e. The molecule has 21 heavy (non-hydrogen) atoms. The van der Waals surface area contributed by atoms with Crippen LogP contribution in [0, 0.1) is 6.92 Å². The Morgan fingerprint density at radius 3 is 2.86 bits per heavy atom. The summed E-state index contributed by atoms with van der Waals surface area (Å²) in [4.78, 5) is 13.2. The number of nitrogens with zero attached hydrogens (tertiary/aromatic N) is 3. The molecule has 1 aliphatic rings. The summed E-state index contributed by atoms with van der Waals surface area (Å²) in [5.74, 6) is -0.887. The van der Waals surface area contributed by atoms with E-state index in [9.17, 15) is 4.79 Å². The van der Waals surface area contributed by atoms with Crippen molar-refractivity contribution >= 4 is 23.3 Å². The number of aromatic carboxylic acids is 1. The van der Waals surface area contributed by atoms with Crippen LogP contribution < -0.4 is 4.90 Å². The van der Waals surface area contributed by atoms with Gasteiger partial charge in [-0.25, -0.2) is 4.79 Å². The lowest BCUT2D eigenvalue weighted by Crippen LogP contribution is -2.21. The first-order valence-electron chi connectivity index (χ1n) is 6.76. The van der Waals surface area contributed by atoms with Gasteiger partial charge >= 0.3 is 5.97 Å². The number of hydrogen-bond acceptors (Lipinski definition) is 3. The molecule has 0 aliphatic carbocycles. The number of aryl methyl sites for hydroxylation is 2. The van der Waals surface area contributed by atoms with E-state index in [-0.39, 0.29) is 0 Å². The maximum absolute atomic E-state index is 11.0. The van der Waals surface area contributed by atoms with Crippen LogP contribution in [0.5, 0.6) is 0 Å². The molecule has 1 aromatic heterocycles. The molecule has 1 aromatic carbocycles. The highest BCUT2D eigenvalue weighted by Crippen LogP contribution is 2.31. The number of benzene rings is 1. The third kappa shape index (κ3) is 2.38. The van der Waals surface area contributed by atoms with Gasteiger partial charge in [0.15, 0.2) is 0 Å². The van der Waals surface area contributed by atoms with Gasteiger partial charge in [-0.2, -0.15) is 5.10 Å². The number of anilines is 1. The summed E-state index contributed by atoms with van der Waals surface area (Å²) < 4.78 is 1.81. The minimum Gasteiger partial charge on any atom is -0.478 e. The summed E-state index contributed by atoms with van der Waals surface area (Å²) in [7, 11) is 1.89. The highest BCUT2D eigenvalue weighted by Gasteiger charge is 2.23. The lowest BCUT2D eigenvalue weighted by Gasteiger charge is -2.19. The molecule has 110 valence electrons. The summed E-state index contributed by atoms with van der Waals surface area (Å²) >= 11 is 6.30. The molecule has 2 heterocycles. The number of fused-ring (bicyclic) bond motifs is 1. The second-order valence-electron chi connectivity index (χ2n) is 5.29. The minimum atomic E-state index is -0.887. The van der Waals surface area contributed by atoms with Crippen molar-refractivity contribution < 1.29 is 9.90 Å². The number of hydrogen-bond donors (Lipinski definition) is 1. The molecular weight excluding hydrogens is 290 g/mol. The number of carboxylic acids is 1. The van der Waals surface area contributed by atoms with Crippen molar-refractivity contribution in [3.8, 4) is 0 Å². The van der Waals surface area contributed by atoms with Gasteiger partial charge < -0.3 is 10.0 Å². The van der Waals surface area contributed by atoms with Gasteiger partial charge in [-0.1, -0.05) is 11.6 Å². The summed E-state index contributed by atoms with van der Waals surface area (Å²) in [5.41, 5.74) is 4.30. The zero-order valence-corrected chi connectivity index (χ0v) is 12.7. The Hall–Kier alpha value is -2.01. The molecule has 5 nitrogen and oxygen atoms in total. The Morgan fingerprint density at radius 1 is 1.48 bits per heavy atom. The average molecular weight is 306 g/mol. The Bertz CT molecular complexity index is 724. The molecule has 2 aromatic rings. The molecule has 1 aliphatic heterocycles. The van der Waals surface area contributed by atoms with Crippen molar-refractivity contribution in [3.63, 3.8) is 0 Å². The smallest absolute Gasteiger partial charge is 0.335 e. The highest BCUT2D eigenvalue weighted by atomic mass is 35.5. The molecule has 0 saturated carbocycles. The SMILES string of the molecule is Cc1nn(C)c(CN2CCc3cc(C(=O)O)ccc32)c1Cl. The fraction of sp³-hybridized carbons (Fsp3) is 0.333. The number of carboxylic acid groups (broad SMARTS) is 1. The molecule has 0 fully saturated rings. The minimum absolute atomic E-state index is 0.338. The van der Waals surface area contributed by atoms with Gasteiger partial charge in [0, 0.05) is 19.3 Å². The normalized spacial score (nSPS) is 13.6. The molecule has 0 radical (unpaired) electrons. The maximum atomic E-state index is 11.0. The molecule has 1 N–H and O–H groups in total. The highest BCUT2D eigenvalue weighted by molar-refractivity contribution is 6.31. The van der Waals surface area contributed by atoms with E-state index < -0.39 is 5.97 Å². The molecule has 0 spiro atoms. The number of rotatable bonds is 3. The summed E-state index contributed by atoms with van der Waals surface area (Å²) in [6, 6.07) is 5.28. The van der Waals surface area contributed by atoms with E-state index in [2.05, 4.69) is 10.00 Å². The van der Waals surface area contributed by atoms with E-state index in [1.54, 1.807) is 16.8 Å². The van der Waals surface area contributed by atoms with Crippen molar-refractivity contribution in [1.82, 2.24) is 9.78 Å². The second-order valence-corrected chi connectivity index (χ2v) is 5.67. The molecule has 6 heteroatoms. The Labute approximate surface area is 127 Å². The molecular formula is C15H16ClN3O2. The van der Waals surface area contributed by atoms with E-state index in [0.717, 1.165) is 35.6 Å². The zero-order valence-electron chi connectivity index (χ0n) is 11.9. The number of halogens is 1. The lowest BCUT2D eigenvalue weighted by atomic mass is 10.1. The van der Waals surface area contributed by atoms with Crippen molar-refractivity contribution in [3.05, 3.63) is 45.7 Å². The van der Waals surface area contributed by atoms with Gasteiger partial charge in [0.2, 0.25) is 0 Å². The monoisotopic (exact) mass is 305 g/mol. The van der Waals surface area contributed by atoms with Crippen LogP contribution in [0.25, 0.3) is 0 Å². The molecule has 0 amide bonds. The molecule has 0 saturated heterocycles. The van der Waals surface area contributed by atoms with E-state index >= 15 is 0 Å². The Morgan fingerprint density at radius 2 is 2.24 bits per heavy atom. The molecule has 3 rings (SSSR count). The Balaban J connectivity index is 1.89. The third-order valence-corrected chi connectivity index (χ3v) is 4.41. The van der Waals surface area contributed by atoms with Crippen LogP contribution in [0.1, 0.15) is 27.3 Å². The predicted octanol–water partition coefficient (Wildman–Crippen LogP) is 2.64. The van der Waals surface area contributed by atoms with Gasteiger partial charge in [0.25, 0.3) is 0 Å². The number of carbonyl (C=O) groups is 1. The average Bonchev–Trinajstić information content (AvgIpc) is 2.95. The van der Waals surface area contributed by atoms with Crippen LogP contribution in [-0.4, -0.2) is 27.4 Å². The first-order valence-corrected chi connectivity index (χ1v) is 7.14. The number of aromatic nitrogens is 2. The van der Waals surface area contributed by atoms with Crippen LogP contribution in [0.2, 0.25) is 5.02 Å². The fourth-order valence-corrected chi connectivity index (χ4v) is 3.02. The molecule has 0 atom stereocenters. The summed E-state index contributed by atoms with van der Waals surface area (Å²) in [5, 5.41) is 14.1. The Kier molecular flexibility index (Phi) is 3.37. The van der Waals surface area contributed by atoms with Gasteiger partial charge in [-0.05, 0) is 37.1 Å².